The Balaban J connectivity index is 2.74. The van der Waals surface area contributed by atoms with Crippen LogP contribution < -0.4 is 5.32 Å². The molecule has 2 amide bonds. The first-order valence-electron chi connectivity index (χ1n) is 6.40. The van der Waals surface area contributed by atoms with Crippen LogP contribution in [0.5, 0.6) is 0 Å². The number of carboxylic acid groups (broad SMARTS) is 1. The lowest BCUT2D eigenvalue weighted by Crippen LogP contribution is -2.60. The molecule has 0 bridgehead atoms. The number of nitrogens with zero attached hydrogens (tertiary/aromatic N) is 1. The third kappa shape index (κ3) is 3.41. The maximum Gasteiger partial charge on any atom is 0.317 e. The van der Waals surface area contributed by atoms with E-state index in [0.29, 0.717) is 0 Å². The van der Waals surface area contributed by atoms with Crippen LogP contribution in [-0.4, -0.2) is 60.6 Å². The Bertz CT molecular complexity index is 496. The van der Waals surface area contributed by atoms with E-state index in [2.05, 4.69) is 5.32 Å². The van der Waals surface area contributed by atoms with E-state index in [0.717, 1.165) is 0 Å². The van der Waals surface area contributed by atoms with Crippen molar-refractivity contribution < 1.29 is 23.1 Å². The van der Waals surface area contributed by atoms with Crippen LogP contribution in [0, 0.1) is 5.41 Å². The highest BCUT2D eigenvalue weighted by atomic mass is 32.2. The number of carbonyl (C=O) groups excluding carboxylic acids is 1. The van der Waals surface area contributed by atoms with Crippen molar-refractivity contribution in [2.24, 2.45) is 5.41 Å². The highest BCUT2D eigenvalue weighted by molar-refractivity contribution is 7.91. The Morgan fingerprint density at radius 2 is 1.55 bits per heavy atom. The second kappa shape index (κ2) is 5.23. The molecule has 0 unspecified atom stereocenters. The van der Waals surface area contributed by atoms with E-state index in [-0.39, 0.29) is 24.6 Å². The third-order valence-corrected chi connectivity index (χ3v) is 5.76. The van der Waals surface area contributed by atoms with Crippen molar-refractivity contribution in [1.82, 2.24) is 10.2 Å². The number of carbonyl (C=O) groups is 2. The fourth-order valence-corrected chi connectivity index (χ4v) is 2.89. The number of aliphatic carboxylic acids is 1. The molecule has 1 heterocycles. The lowest BCUT2D eigenvalue weighted by molar-refractivity contribution is -0.150. The van der Waals surface area contributed by atoms with Gasteiger partial charge in [0.05, 0.1) is 22.5 Å². The van der Waals surface area contributed by atoms with Gasteiger partial charge in [-0.2, -0.15) is 0 Å². The van der Waals surface area contributed by atoms with Gasteiger partial charge in [-0.25, -0.2) is 13.2 Å². The molecular weight excluding hydrogens is 284 g/mol. The Hall–Kier alpha value is -1.31. The molecule has 0 aliphatic carbocycles. The second-order valence-corrected chi connectivity index (χ2v) is 8.43. The van der Waals surface area contributed by atoms with Crippen LogP contribution in [0.1, 0.15) is 27.7 Å². The van der Waals surface area contributed by atoms with E-state index < -0.39 is 32.8 Å². The standard InChI is InChI=1S/C12H22N2O5S/c1-11(2,9(15)16)12(3,4)13-10(17)14-5-7-20(18,19)8-6-14/h5-8H2,1-4H3,(H,13,17)(H,15,16). The number of hydrogen-bond donors (Lipinski definition) is 2. The summed E-state index contributed by atoms with van der Waals surface area (Å²) in [5, 5.41) is 11.9. The smallest absolute Gasteiger partial charge is 0.317 e. The first-order valence-corrected chi connectivity index (χ1v) is 8.22. The molecule has 1 rings (SSSR count). The minimum Gasteiger partial charge on any atom is -0.481 e. The molecule has 0 aromatic carbocycles. The van der Waals surface area contributed by atoms with Crippen molar-refractivity contribution in [3.05, 3.63) is 0 Å². The van der Waals surface area contributed by atoms with Crippen LogP contribution in [0.15, 0.2) is 0 Å². The number of amides is 2. The largest absolute Gasteiger partial charge is 0.481 e. The van der Waals surface area contributed by atoms with Crippen molar-refractivity contribution in [1.29, 1.82) is 0 Å². The second-order valence-electron chi connectivity index (χ2n) is 6.12. The molecule has 0 radical (unpaired) electrons. The zero-order valence-electron chi connectivity index (χ0n) is 12.3. The van der Waals surface area contributed by atoms with Crippen LogP contribution in [0.25, 0.3) is 0 Å². The summed E-state index contributed by atoms with van der Waals surface area (Å²) in [5.74, 6) is -1.11. The van der Waals surface area contributed by atoms with Gasteiger partial charge >= 0.3 is 12.0 Å². The predicted molar refractivity (Wildman–Crippen MR) is 74.3 cm³/mol. The molecule has 20 heavy (non-hydrogen) atoms. The van der Waals surface area contributed by atoms with Gasteiger partial charge in [0.1, 0.15) is 0 Å². The molecule has 1 fully saturated rings. The minimum atomic E-state index is -3.05. The summed E-state index contributed by atoms with van der Waals surface area (Å²) in [4.78, 5) is 24.8. The van der Waals surface area contributed by atoms with Crippen molar-refractivity contribution >= 4 is 21.8 Å². The SMILES string of the molecule is CC(C)(NC(=O)N1CCS(=O)(=O)CC1)C(C)(C)C(=O)O. The number of carboxylic acids is 1. The van der Waals surface area contributed by atoms with Gasteiger partial charge in [0, 0.05) is 13.1 Å². The van der Waals surface area contributed by atoms with E-state index in [1.807, 2.05) is 0 Å². The molecule has 2 N–H and O–H groups in total. The monoisotopic (exact) mass is 306 g/mol. The number of hydrogen-bond acceptors (Lipinski definition) is 4. The molecule has 1 aliphatic heterocycles. The van der Waals surface area contributed by atoms with Crippen LogP contribution in [0.2, 0.25) is 0 Å². The van der Waals surface area contributed by atoms with Gasteiger partial charge < -0.3 is 15.3 Å². The fourth-order valence-electron chi connectivity index (χ4n) is 1.69. The molecule has 0 spiro atoms. The maximum atomic E-state index is 12.1. The quantitative estimate of drug-likeness (QED) is 0.781. The summed E-state index contributed by atoms with van der Waals surface area (Å²) in [6.07, 6.45) is 0. The lowest BCUT2D eigenvalue weighted by Gasteiger charge is -2.40. The third-order valence-electron chi connectivity index (χ3n) is 4.15. The highest BCUT2D eigenvalue weighted by Gasteiger charge is 2.45. The van der Waals surface area contributed by atoms with Gasteiger partial charge in [-0.3, -0.25) is 4.79 Å². The molecule has 7 nitrogen and oxygen atoms in total. The van der Waals surface area contributed by atoms with E-state index in [4.69, 9.17) is 0 Å². The summed E-state index contributed by atoms with van der Waals surface area (Å²) in [5.41, 5.74) is -2.11. The topological polar surface area (TPSA) is 104 Å². The summed E-state index contributed by atoms with van der Waals surface area (Å²) < 4.78 is 22.6. The zero-order valence-corrected chi connectivity index (χ0v) is 13.1. The fraction of sp³-hybridized carbons (Fsp3) is 0.833. The molecule has 1 saturated heterocycles. The zero-order chi connectivity index (χ0) is 15.8. The van der Waals surface area contributed by atoms with Gasteiger partial charge in [-0.15, -0.1) is 0 Å². The normalized spacial score (nSPS) is 19.5. The van der Waals surface area contributed by atoms with Gasteiger partial charge in [0.2, 0.25) is 0 Å². The van der Waals surface area contributed by atoms with Crippen LogP contribution in [0.3, 0.4) is 0 Å². The number of sulfone groups is 1. The van der Waals surface area contributed by atoms with E-state index in [1.54, 1.807) is 13.8 Å². The van der Waals surface area contributed by atoms with E-state index in [9.17, 15) is 23.1 Å². The summed E-state index contributed by atoms with van der Waals surface area (Å²) in [6, 6.07) is -0.431. The molecular formula is C12H22N2O5S. The van der Waals surface area contributed by atoms with Gasteiger partial charge in [-0.1, -0.05) is 0 Å². The maximum absolute atomic E-state index is 12.1. The molecule has 116 valence electrons. The Morgan fingerprint density at radius 3 is 1.95 bits per heavy atom. The van der Waals surface area contributed by atoms with Crippen LogP contribution in [-0.2, 0) is 14.6 Å². The summed E-state index contributed by atoms with van der Waals surface area (Å²) in [6.45, 7) is 6.63. The van der Waals surface area contributed by atoms with Crippen LogP contribution >= 0.6 is 0 Å². The molecule has 1 aliphatic rings. The number of nitrogens with one attached hydrogen (secondary N) is 1. The van der Waals surface area contributed by atoms with Crippen molar-refractivity contribution in [3.8, 4) is 0 Å². The Kier molecular flexibility index (Phi) is 4.38. The van der Waals surface area contributed by atoms with E-state index >= 15 is 0 Å². The molecule has 0 aromatic rings. The molecule has 0 atom stereocenters. The molecule has 0 saturated carbocycles. The first-order chi connectivity index (χ1) is 8.89. The Labute approximate surface area is 119 Å². The summed E-state index contributed by atoms with van der Waals surface area (Å²) in [7, 11) is -3.05. The summed E-state index contributed by atoms with van der Waals surface area (Å²) >= 11 is 0. The Morgan fingerprint density at radius 1 is 1.10 bits per heavy atom. The lowest BCUT2D eigenvalue weighted by atomic mass is 9.74. The average Bonchev–Trinajstić information content (AvgIpc) is 2.27. The van der Waals surface area contributed by atoms with E-state index in [1.165, 1.54) is 18.7 Å². The molecule has 8 heteroatoms. The predicted octanol–water partition coefficient (Wildman–Crippen LogP) is 0.316. The number of rotatable bonds is 3. The van der Waals surface area contributed by atoms with Crippen LogP contribution in [0.4, 0.5) is 4.79 Å². The van der Waals surface area contributed by atoms with Gasteiger partial charge in [0.25, 0.3) is 0 Å². The highest BCUT2D eigenvalue weighted by Crippen LogP contribution is 2.30. The van der Waals surface area contributed by atoms with Gasteiger partial charge in [0.15, 0.2) is 9.84 Å². The average molecular weight is 306 g/mol. The minimum absolute atomic E-state index is 0.0524. The number of urea groups is 1. The van der Waals surface area contributed by atoms with Crippen molar-refractivity contribution in [2.75, 3.05) is 24.6 Å². The van der Waals surface area contributed by atoms with Crippen molar-refractivity contribution in [2.45, 2.75) is 33.2 Å². The van der Waals surface area contributed by atoms with Gasteiger partial charge in [-0.05, 0) is 27.7 Å². The molecule has 0 aromatic heterocycles. The first kappa shape index (κ1) is 16.7. The van der Waals surface area contributed by atoms with Crippen molar-refractivity contribution in [3.63, 3.8) is 0 Å².